The summed E-state index contributed by atoms with van der Waals surface area (Å²) in [6, 6.07) is 12.6. The minimum Gasteiger partial charge on any atom is -0.508 e. The zero-order chi connectivity index (χ0) is 15.4. The van der Waals surface area contributed by atoms with Crippen LogP contribution in [0.25, 0.3) is 0 Å². The van der Waals surface area contributed by atoms with Gasteiger partial charge < -0.3 is 20.3 Å². The number of aromatic hydroxyl groups is 2. The number of rotatable bonds is 5. The van der Waals surface area contributed by atoms with Gasteiger partial charge in [0.2, 0.25) is 0 Å². The molecule has 2 aromatic rings. The highest BCUT2D eigenvalue weighted by Gasteiger charge is 2.15. The molecular weight excluding hydrogens is 266 g/mol. The normalized spacial score (nSPS) is 13.7. The summed E-state index contributed by atoms with van der Waals surface area (Å²) < 4.78 is 5.23. The summed E-state index contributed by atoms with van der Waals surface area (Å²) >= 11 is 0. The van der Waals surface area contributed by atoms with Crippen LogP contribution in [0.5, 0.6) is 17.2 Å². The van der Waals surface area contributed by atoms with Gasteiger partial charge in [-0.15, -0.1) is 0 Å². The van der Waals surface area contributed by atoms with Crippen molar-refractivity contribution in [3.05, 3.63) is 53.6 Å². The quantitative estimate of drug-likeness (QED) is 0.787. The lowest BCUT2D eigenvalue weighted by Gasteiger charge is -2.22. The van der Waals surface area contributed by atoms with Crippen molar-refractivity contribution >= 4 is 0 Å². The molecule has 0 spiro atoms. The molecule has 0 radical (unpaired) electrons. The van der Waals surface area contributed by atoms with Gasteiger partial charge >= 0.3 is 0 Å². The molecule has 0 heterocycles. The van der Waals surface area contributed by atoms with Gasteiger partial charge in [0.25, 0.3) is 0 Å². The van der Waals surface area contributed by atoms with Crippen LogP contribution in [-0.2, 0) is 0 Å². The monoisotopic (exact) mass is 287 g/mol. The van der Waals surface area contributed by atoms with Crippen molar-refractivity contribution in [2.45, 2.75) is 25.9 Å². The van der Waals surface area contributed by atoms with Crippen LogP contribution >= 0.6 is 0 Å². The Morgan fingerprint density at radius 1 is 1.00 bits per heavy atom. The Labute approximate surface area is 125 Å². The number of methoxy groups -OCH3 is 1. The van der Waals surface area contributed by atoms with Gasteiger partial charge in [0.1, 0.15) is 17.2 Å². The van der Waals surface area contributed by atoms with Gasteiger partial charge in [-0.2, -0.15) is 0 Å². The average molecular weight is 287 g/mol. The Kier molecular flexibility index (Phi) is 4.70. The van der Waals surface area contributed by atoms with E-state index < -0.39 is 0 Å². The summed E-state index contributed by atoms with van der Waals surface area (Å²) in [6.07, 6.45) is 0. The Hall–Kier alpha value is -2.20. The molecule has 0 aliphatic carbocycles. The second-order valence-electron chi connectivity index (χ2n) is 5.13. The predicted molar refractivity (Wildman–Crippen MR) is 82.7 cm³/mol. The van der Waals surface area contributed by atoms with E-state index in [4.69, 9.17) is 4.74 Å². The van der Waals surface area contributed by atoms with Crippen LogP contribution in [0.15, 0.2) is 42.5 Å². The van der Waals surface area contributed by atoms with E-state index in [0.717, 1.165) is 16.9 Å². The number of hydrogen-bond donors (Lipinski definition) is 3. The minimum atomic E-state index is -0.0493. The summed E-state index contributed by atoms with van der Waals surface area (Å²) in [5, 5.41) is 22.7. The zero-order valence-corrected chi connectivity index (χ0v) is 12.5. The van der Waals surface area contributed by atoms with Gasteiger partial charge in [0.05, 0.1) is 7.11 Å². The van der Waals surface area contributed by atoms with Crippen LogP contribution in [0.2, 0.25) is 0 Å². The molecule has 4 heteroatoms. The van der Waals surface area contributed by atoms with Crippen molar-refractivity contribution in [3.8, 4) is 17.2 Å². The van der Waals surface area contributed by atoms with Crippen LogP contribution in [0.3, 0.4) is 0 Å². The van der Waals surface area contributed by atoms with Crippen LogP contribution < -0.4 is 10.1 Å². The van der Waals surface area contributed by atoms with E-state index >= 15 is 0 Å². The van der Waals surface area contributed by atoms with Gasteiger partial charge in [0.15, 0.2) is 0 Å². The van der Waals surface area contributed by atoms with Crippen LogP contribution in [0.4, 0.5) is 0 Å². The molecule has 0 aliphatic rings. The lowest BCUT2D eigenvalue weighted by atomic mass is 10.0. The van der Waals surface area contributed by atoms with Crippen molar-refractivity contribution in [1.29, 1.82) is 0 Å². The fourth-order valence-corrected chi connectivity index (χ4v) is 2.37. The maximum atomic E-state index is 9.91. The number of phenols is 2. The van der Waals surface area contributed by atoms with Crippen molar-refractivity contribution < 1.29 is 14.9 Å². The fraction of sp³-hybridized carbons (Fsp3) is 0.294. The van der Waals surface area contributed by atoms with Crippen molar-refractivity contribution in [3.63, 3.8) is 0 Å². The molecular formula is C17H21NO3. The molecule has 21 heavy (non-hydrogen) atoms. The maximum Gasteiger partial charge on any atom is 0.124 e. The maximum absolute atomic E-state index is 9.91. The second-order valence-corrected chi connectivity index (χ2v) is 5.13. The summed E-state index contributed by atoms with van der Waals surface area (Å²) in [6.45, 7) is 4.03. The highest BCUT2D eigenvalue weighted by atomic mass is 16.5. The van der Waals surface area contributed by atoms with E-state index in [2.05, 4.69) is 12.2 Å². The second kappa shape index (κ2) is 6.50. The molecule has 0 aromatic heterocycles. The first kappa shape index (κ1) is 15.2. The Morgan fingerprint density at radius 2 is 1.76 bits per heavy atom. The minimum absolute atomic E-state index is 0.0493. The number of benzene rings is 2. The number of hydrogen-bond acceptors (Lipinski definition) is 4. The molecule has 0 amide bonds. The molecule has 0 aliphatic heterocycles. The Morgan fingerprint density at radius 3 is 2.43 bits per heavy atom. The number of nitrogens with one attached hydrogen (secondary N) is 1. The van der Waals surface area contributed by atoms with Crippen LogP contribution in [0.1, 0.15) is 37.1 Å². The third-order valence-corrected chi connectivity index (χ3v) is 3.57. The molecule has 3 N–H and O–H groups in total. The lowest BCUT2D eigenvalue weighted by Crippen LogP contribution is -2.22. The third-order valence-electron chi connectivity index (χ3n) is 3.57. The molecule has 4 nitrogen and oxygen atoms in total. The molecule has 2 atom stereocenters. The van der Waals surface area contributed by atoms with E-state index in [0.29, 0.717) is 0 Å². The Balaban J connectivity index is 2.12. The summed E-state index contributed by atoms with van der Waals surface area (Å²) in [5.74, 6) is 0.971. The number of phenolic OH excluding ortho intramolecular Hbond substituents is 2. The van der Waals surface area contributed by atoms with Gasteiger partial charge in [-0.1, -0.05) is 18.2 Å². The lowest BCUT2D eigenvalue weighted by molar-refractivity contribution is 0.411. The van der Waals surface area contributed by atoms with Gasteiger partial charge in [-0.3, -0.25) is 0 Å². The van der Waals surface area contributed by atoms with E-state index in [1.54, 1.807) is 19.2 Å². The molecule has 2 unspecified atom stereocenters. The first-order valence-electron chi connectivity index (χ1n) is 6.93. The van der Waals surface area contributed by atoms with E-state index in [-0.39, 0.29) is 23.6 Å². The van der Waals surface area contributed by atoms with E-state index in [1.165, 1.54) is 6.07 Å². The molecule has 2 aromatic carbocycles. The summed E-state index contributed by atoms with van der Waals surface area (Å²) in [7, 11) is 1.65. The number of ether oxygens (including phenoxy) is 1. The van der Waals surface area contributed by atoms with Gasteiger partial charge in [-0.05, 0) is 37.6 Å². The SMILES string of the molecule is COc1cccc(C(C)NC(C)c2ccc(O)cc2O)c1. The molecule has 0 fully saturated rings. The first-order chi connectivity index (χ1) is 10.0. The topological polar surface area (TPSA) is 61.7 Å². The molecule has 2 rings (SSSR count). The van der Waals surface area contributed by atoms with E-state index in [1.807, 2.05) is 31.2 Å². The molecule has 112 valence electrons. The van der Waals surface area contributed by atoms with Crippen molar-refractivity contribution in [1.82, 2.24) is 5.32 Å². The largest absolute Gasteiger partial charge is 0.508 e. The van der Waals surface area contributed by atoms with Crippen molar-refractivity contribution in [2.75, 3.05) is 7.11 Å². The van der Waals surface area contributed by atoms with Crippen LogP contribution in [0, 0.1) is 0 Å². The summed E-state index contributed by atoms with van der Waals surface area (Å²) in [5.41, 5.74) is 1.86. The average Bonchev–Trinajstić information content (AvgIpc) is 2.47. The highest BCUT2D eigenvalue weighted by molar-refractivity contribution is 5.40. The van der Waals surface area contributed by atoms with Gasteiger partial charge in [0, 0.05) is 23.7 Å². The first-order valence-corrected chi connectivity index (χ1v) is 6.93. The standard InChI is InChI=1S/C17H21NO3/c1-11(13-5-4-6-15(9-13)21-3)18-12(2)16-8-7-14(19)10-17(16)20/h4-12,18-20H,1-3H3. The fourth-order valence-electron chi connectivity index (χ4n) is 2.37. The third kappa shape index (κ3) is 3.67. The highest BCUT2D eigenvalue weighted by Crippen LogP contribution is 2.29. The molecule has 0 bridgehead atoms. The van der Waals surface area contributed by atoms with Crippen molar-refractivity contribution in [2.24, 2.45) is 0 Å². The molecule has 0 saturated carbocycles. The molecule has 0 saturated heterocycles. The van der Waals surface area contributed by atoms with Crippen LogP contribution in [-0.4, -0.2) is 17.3 Å². The van der Waals surface area contributed by atoms with Gasteiger partial charge in [-0.25, -0.2) is 0 Å². The van der Waals surface area contributed by atoms with E-state index in [9.17, 15) is 10.2 Å². The predicted octanol–water partition coefficient (Wildman–Crippen LogP) is 3.52. The summed E-state index contributed by atoms with van der Waals surface area (Å²) in [4.78, 5) is 0. The Bertz CT molecular complexity index is 613. The zero-order valence-electron chi connectivity index (χ0n) is 12.5. The smallest absolute Gasteiger partial charge is 0.124 e.